The van der Waals surface area contributed by atoms with Crippen LogP contribution < -0.4 is 15.4 Å². The number of hydrogen-bond donors (Lipinski definition) is 3. The van der Waals surface area contributed by atoms with Crippen LogP contribution in [0.4, 0.5) is 0 Å². The molecular formula is C12H19N7O2S2. The number of hydrogen-bond acceptors (Lipinski definition) is 6. The summed E-state index contributed by atoms with van der Waals surface area (Å²) in [6.07, 6.45) is 1.48. The molecular weight excluding hydrogens is 338 g/mol. The van der Waals surface area contributed by atoms with Gasteiger partial charge in [-0.3, -0.25) is 9.67 Å². The lowest BCUT2D eigenvalue weighted by Gasteiger charge is -2.11. The van der Waals surface area contributed by atoms with Crippen molar-refractivity contribution in [1.29, 1.82) is 0 Å². The van der Waals surface area contributed by atoms with Crippen molar-refractivity contribution in [3.8, 4) is 0 Å². The first-order valence-corrected chi connectivity index (χ1v) is 9.20. The van der Waals surface area contributed by atoms with Crippen molar-refractivity contribution < 1.29 is 8.42 Å². The predicted molar refractivity (Wildman–Crippen MR) is 88.7 cm³/mol. The van der Waals surface area contributed by atoms with Gasteiger partial charge in [-0.2, -0.15) is 5.10 Å². The molecule has 0 saturated heterocycles. The molecule has 0 radical (unpaired) electrons. The van der Waals surface area contributed by atoms with E-state index in [-0.39, 0.29) is 6.54 Å². The predicted octanol–water partition coefficient (Wildman–Crippen LogP) is -0.480. The van der Waals surface area contributed by atoms with Crippen LogP contribution in [-0.2, 0) is 23.6 Å². The molecule has 0 aliphatic carbocycles. The molecule has 0 bridgehead atoms. The molecule has 0 spiro atoms. The SMILES string of the molecule is CN=C(NCCNS(=O)(=O)c1cccs1)NCc1ncnn1C. The van der Waals surface area contributed by atoms with Crippen LogP contribution in [0.2, 0.25) is 0 Å². The minimum Gasteiger partial charge on any atom is -0.355 e. The summed E-state index contributed by atoms with van der Waals surface area (Å²) in [5.41, 5.74) is 0. The molecule has 126 valence electrons. The van der Waals surface area contributed by atoms with Crippen LogP contribution in [0.3, 0.4) is 0 Å². The Balaban J connectivity index is 1.73. The van der Waals surface area contributed by atoms with Gasteiger partial charge >= 0.3 is 0 Å². The van der Waals surface area contributed by atoms with Crippen molar-refractivity contribution in [1.82, 2.24) is 30.1 Å². The monoisotopic (exact) mass is 357 g/mol. The van der Waals surface area contributed by atoms with E-state index >= 15 is 0 Å². The molecule has 11 heteroatoms. The van der Waals surface area contributed by atoms with Gasteiger partial charge in [0.25, 0.3) is 0 Å². The van der Waals surface area contributed by atoms with Gasteiger partial charge in [0.1, 0.15) is 16.4 Å². The van der Waals surface area contributed by atoms with Gasteiger partial charge in [0.15, 0.2) is 5.96 Å². The zero-order chi connectivity index (χ0) is 16.7. The van der Waals surface area contributed by atoms with Crippen molar-refractivity contribution in [2.24, 2.45) is 12.0 Å². The van der Waals surface area contributed by atoms with Gasteiger partial charge in [0.05, 0.1) is 6.54 Å². The highest BCUT2D eigenvalue weighted by Crippen LogP contribution is 2.14. The van der Waals surface area contributed by atoms with Crippen LogP contribution in [0.5, 0.6) is 0 Å². The second kappa shape index (κ2) is 8.04. The third-order valence-corrected chi connectivity index (χ3v) is 5.77. The average molecular weight is 357 g/mol. The lowest BCUT2D eigenvalue weighted by molar-refractivity contribution is 0.582. The van der Waals surface area contributed by atoms with E-state index in [0.29, 0.717) is 23.3 Å². The summed E-state index contributed by atoms with van der Waals surface area (Å²) >= 11 is 1.18. The molecule has 0 amide bonds. The maximum Gasteiger partial charge on any atom is 0.250 e. The highest BCUT2D eigenvalue weighted by molar-refractivity contribution is 7.91. The van der Waals surface area contributed by atoms with Gasteiger partial charge in [-0.25, -0.2) is 18.1 Å². The normalized spacial score (nSPS) is 12.3. The zero-order valence-electron chi connectivity index (χ0n) is 12.9. The van der Waals surface area contributed by atoms with Gasteiger partial charge in [-0.1, -0.05) is 6.07 Å². The van der Waals surface area contributed by atoms with Crippen LogP contribution >= 0.6 is 11.3 Å². The molecule has 23 heavy (non-hydrogen) atoms. The molecule has 0 unspecified atom stereocenters. The van der Waals surface area contributed by atoms with Crippen molar-refractivity contribution in [2.75, 3.05) is 20.1 Å². The topological polar surface area (TPSA) is 113 Å². The standard InChI is InChI=1S/C12H19N7O2S2/c1-13-12(15-8-10-16-9-17-19(10)2)14-5-6-18-23(20,21)11-4-3-7-22-11/h3-4,7,9,18H,5-6,8H2,1-2H3,(H2,13,14,15). The van der Waals surface area contributed by atoms with Crippen molar-refractivity contribution in [3.63, 3.8) is 0 Å². The minimum atomic E-state index is -3.43. The van der Waals surface area contributed by atoms with Crippen LogP contribution in [0.25, 0.3) is 0 Å². The Bertz CT molecular complexity index is 737. The van der Waals surface area contributed by atoms with Gasteiger partial charge in [-0.05, 0) is 11.4 Å². The van der Waals surface area contributed by atoms with E-state index in [0.717, 1.165) is 5.82 Å². The van der Waals surface area contributed by atoms with Crippen LogP contribution in [0.1, 0.15) is 5.82 Å². The van der Waals surface area contributed by atoms with Gasteiger partial charge in [0, 0.05) is 27.2 Å². The summed E-state index contributed by atoms with van der Waals surface area (Å²) in [6.45, 7) is 1.13. The third kappa shape index (κ3) is 5.01. The van der Waals surface area contributed by atoms with Crippen LogP contribution in [-0.4, -0.2) is 49.3 Å². The van der Waals surface area contributed by atoms with Crippen LogP contribution in [0.15, 0.2) is 33.0 Å². The summed E-state index contributed by atoms with van der Waals surface area (Å²) in [6, 6.07) is 3.28. The highest BCUT2D eigenvalue weighted by atomic mass is 32.2. The Morgan fingerprint density at radius 1 is 1.39 bits per heavy atom. The minimum absolute atomic E-state index is 0.255. The molecule has 0 aliphatic heterocycles. The quantitative estimate of drug-likeness (QED) is 0.350. The fraction of sp³-hybridized carbons (Fsp3) is 0.417. The summed E-state index contributed by atoms with van der Waals surface area (Å²) in [4.78, 5) is 8.16. The summed E-state index contributed by atoms with van der Waals surface area (Å²) in [5.74, 6) is 1.33. The zero-order valence-corrected chi connectivity index (χ0v) is 14.5. The number of nitrogens with zero attached hydrogens (tertiary/aromatic N) is 4. The first-order valence-electron chi connectivity index (χ1n) is 6.83. The molecule has 0 aromatic carbocycles. The van der Waals surface area contributed by atoms with E-state index in [4.69, 9.17) is 0 Å². The number of aromatic nitrogens is 3. The first kappa shape index (κ1) is 17.4. The molecule has 3 N–H and O–H groups in total. The number of sulfonamides is 1. The average Bonchev–Trinajstić information content (AvgIpc) is 3.19. The summed E-state index contributed by atoms with van der Waals surface area (Å²) in [7, 11) is 0.0175. The Morgan fingerprint density at radius 3 is 2.83 bits per heavy atom. The van der Waals surface area contributed by atoms with Gasteiger partial charge in [0.2, 0.25) is 10.0 Å². The summed E-state index contributed by atoms with van der Waals surface area (Å²) < 4.78 is 28.4. The number of aryl methyl sites for hydroxylation is 1. The molecule has 0 aliphatic rings. The molecule has 2 aromatic rings. The largest absolute Gasteiger partial charge is 0.355 e. The van der Waals surface area contributed by atoms with E-state index in [9.17, 15) is 8.42 Å². The number of aliphatic imine (C=N–C) groups is 1. The van der Waals surface area contributed by atoms with E-state index in [1.165, 1.54) is 17.7 Å². The third-order valence-electron chi connectivity index (χ3n) is 2.91. The van der Waals surface area contributed by atoms with Crippen molar-refractivity contribution in [2.45, 2.75) is 10.8 Å². The van der Waals surface area contributed by atoms with E-state index in [1.54, 1.807) is 36.3 Å². The molecule has 0 fully saturated rings. The number of thiophene rings is 1. The smallest absolute Gasteiger partial charge is 0.250 e. The molecule has 0 saturated carbocycles. The Kier molecular flexibility index (Phi) is 6.07. The maximum absolute atomic E-state index is 11.9. The number of rotatable bonds is 7. The lowest BCUT2D eigenvalue weighted by Crippen LogP contribution is -2.41. The van der Waals surface area contributed by atoms with E-state index < -0.39 is 10.0 Å². The Morgan fingerprint density at radius 2 is 2.22 bits per heavy atom. The van der Waals surface area contributed by atoms with E-state index in [2.05, 4.69) is 30.4 Å². The number of guanidine groups is 1. The van der Waals surface area contributed by atoms with E-state index in [1.807, 2.05) is 0 Å². The van der Waals surface area contributed by atoms with Gasteiger partial charge in [-0.15, -0.1) is 11.3 Å². The fourth-order valence-corrected chi connectivity index (χ4v) is 3.79. The van der Waals surface area contributed by atoms with Crippen LogP contribution in [0, 0.1) is 0 Å². The number of nitrogens with one attached hydrogen (secondary N) is 3. The second-order valence-electron chi connectivity index (χ2n) is 4.48. The van der Waals surface area contributed by atoms with Gasteiger partial charge < -0.3 is 10.6 Å². The fourth-order valence-electron chi connectivity index (χ4n) is 1.72. The maximum atomic E-state index is 11.9. The lowest BCUT2D eigenvalue weighted by atomic mass is 10.5. The second-order valence-corrected chi connectivity index (χ2v) is 7.42. The molecule has 9 nitrogen and oxygen atoms in total. The van der Waals surface area contributed by atoms with Crippen molar-refractivity contribution >= 4 is 27.3 Å². The molecule has 2 heterocycles. The first-order chi connectivity index (χ1) is 11.0. The Labute approximate surface area is 138 Å². The highest BCUT2D eigenvalue weighted by Gasteiger charge is 2.13. The Hall–Kier alpha value is -1.98. The van der Waals surface area contributed by atoms with Crippen molar-refractivity contribution in [3.05, 3.63) is 29.7 Å². The molecule has 0 atom stereocenters. The summed E-state index contributed by atoms with van der Waals surface area (Å²) in [5, 5.41) is 11.8. The molecule has 2 aromatic heterocycles. The molecule has 2 rings (SSSR count).